The van der Waals surface area contributed by atoms with Crippen LogP contribution in [0.5, 0.6) is 0 Å². The van der Waals surface area contributed by atoms with E-state index in [9.17, 15) is 9.59 Å². The van der Waals surface area contributed by atoms with Gasteiger partial charge >= 0.3 is 194 Å². The van der Waals surface area contributed by atoms with E-state index in [2.05, 4.69) is 36.4 Å². The summed E-state index contributed by atoms with van der Waals surface area (Å²) in [6.07, 6.45) is 8.95. The SMILES string of the molecule is CCC[CH2][Sn]([CH2]CCC)([CH2]CCC)[c]1cnc(C(=O)NC(C)C)c(C(=O)NC(C)C)n1. The molecule has 0 aliphatic carbocycles. The second-order valence-corrected chi connectivity index (χ2v) is 22.4. The van der Waals surface area contributed by atoms with Crippen LogP contribution in [-0.2, 0) is 0 Å². The molecule has 6 nitrogen and oxygen atoms in total. The van der Waals surface area contributed by atoms with Gasteiger partial charge in [0.15, 0.2) is 0 Å². The van der Waals surface area contributed by atoms with Gasteiger partial charge in [-0.25, -0.2) is 0 Å². The zero-order valence-electron chi connectivity index (χ0n) is 20.8. The molecule has 1 aromatic rings. The Hall–Kier alpha value is -1.18. The van der Waals surface area contributed by atoms with Gasteiger partial charge in [0, 0.05) is 0 Å². The van der Waals surface area contributed by atoms with Crippen LogP contribution in [0.1, 0.15) is 108 Å². The third-order valence-corrected chi connectivity index (χ3v) is 20.6. The second kappa shape index (κ2) is 14.1. The van der Waals surface area contributed by atoms with Crippen LogP contribution >= 0.6 is 0 Å². The average Bonchev–Trinajstić information content (AvgIpc) is 2.72. The van der Waals surface area contributed by atoms with Gasteiger partial charge in [0.2, 0.25) is 0 Å². The summed E-state index contributed by atoms with van der Waals surface area (Å²) in [6.45, 7) is 14.3. The third-order valence-electron chi connectivity index (χ3n) is 5.61. The van der Waals surface area contributed by atoms with E-state index in [0.717, 1.165) is 3.71 Å². The quantitative estimate of drug-likeness (QED) is 0.333. The summed E-state index contributed by atoms with van der Waals surface area (Å²) in [7, 11) is 0. The fourth-order valence-electron chi connectivity index (χ4n) is 3.93. The molecule has 0 saturated carbocycles. The Kier molecular flexibility index (Phi) is 12.6. The molecular weight excluding hydrogens is 495 g/mol. The van der Waals surface area contributed by atoms with E-state index in [-0.39, 0.29) is 35.3 Å². The van der Waals surface area contributed by atoms with Crippen LogP contribution in [0.4, 0.5) is 0 Å². The second-order valence-electron chi connectivity index (χ2n) is 9.30. The van der Waals surface area contributed by atoms with Gasteiger partial charge < -0.3 is 0 Å². The van der Waals surface area contributed by atoms with Crippen LogP contribution in [0.2, 0.25) is 13.3 Å². The summed E-state index contributed by atoms with van der Waals surface area (Å²) >= 11 is -2.86. The number of amides is 2. The molecule has 0 atom stereocenters. The molecule has 7 heteroatoms. The average molecular weight is 539 g/mol. The first-order valence-corrected chi connectivity index (χ1v) is 19.7. The van der Waals surface area contributed by atoms with Gasteiger partial charge in [-0.05, 0) is 0 Å². The molecule has 0 fully saturated rings. The van der Waals surface area contributed by atoms with Gasteiger partial charge in [0.05, 0.1) is 0 Å². The molecule has 0 saturated heterocycles. The monoisotopic (exact) mass is 540 g/mol. The Balaban J connectivity index is 3.55. The number of nitrogens with one attached hydrogen (secondary N) is 2. The molecule has 2 amide bonds. The van der Waals surface area contributed by atoms with Crippen molar-refractivity contribution >= 4 is 33.9 Å². The minimum absolute atomic E-state index is 0.0347. The van der Waals surface area contributed by atoms with E-state index in [0.29, 0.717) is 0 Å². The number of hydrogen-bond donors (Lipinski definition) is 2. The molecule has 1 aromatic heterocycles. The van der Waals surface area contributed by atoms with E-state index < -0.39 is 18.4 Å². The van der Waals surface area contributed by atoms with Gasteiger partial charge in [-0.2, -0.15) is 0 Å². The molecule has 0 bridgehead atoms. The van der Waals surface area contributed by atoms with Crippen molar-refractivity contribution in [3.63, 3.8) is 0 Å². The van der Waals surface area contributed by atoms with Gasteiger partial charge in [0.25, 0.3) is 0 Å². The molecule has 0 aliphatic heterocycles. The summed E-state index contributed by atoms with van der Waals surface area (Å²) in [5.41, 5.74) is 0.326. The standard InChI is InChI=1S/C12H17N4O2.3C4H9.Sn/c1-7(2)15-11(17)9-10(14-6-5-13-9)12(18)16-8(3)4;3*1-3-4-2;/h5,7-8H,1-4H3,(H,15,17)(H,16,18);3*1,3-4H2,2H3;. The summed E-state index contributed by atoms with van der Waals surface area (Å²) in [5, 5.41) is 5.78. The number of aromatic nitrogens is 2. The molecule has 0 radical (unpaired) electrons. The van der Waals surface area contributed by atoms with Crippen LogP contribution in [-0.4, -0.2) is 52.2 Å². The Morgan fingerprint density at radius 3 is 1.61 bits per heavy atom. The van der Waals surface area contributed by atoms with Crippen molar-refractivity contribution in [1.82, 2.24) is 20.6 Å². The predicted molar refractivity (Wildman–Crippen MR) is 132 cm³/mol. The van der Waals surface area contributed by atoms with Crippen molar-refractivity contribution < 1.29 is 9.59 Å². The Bertz CT molecular complexity index is 685. The zero-order chi connectivity index (χ0) is 23.4. The van der Waals surface area contributed by atoms with Crippen LogP contribution in [0.25, 0.3) is 0 Å². The Morgan fingerprint density at radius 2 is 1.23 bits per heavy atom. The van der Waals surface area contributed by atoms with Crippen molar-refractivity contribution in [2.75, 3.05) is 0 Å². The normalized spacial score (nSPS) is 11.8. The maximum atomic E-state index is 13.0. The van der Waals surface area contributed by atoms with Crippen molar-refractivity contribution in [2.45, 2.75) is 112 Å². The van der Waals surface area contributed by atoms with E-state index in [1.54, 1.807) is 0 Å². The molecule has 2 N–H and O–H groups in total. The number of carbonyl (C=O) groups is 2. The van der Waals surface area contributed by atoms with Crippen molar-refractivity contribution in [2.24, 2.45) is 0 Å². The number of hydrogen-bond acceptors (Lipinski definition) is 4. The van der Waals surface area contributed by atoms with Gasteiger partial charge in [-0.3, -0.25) is 0 Å². The zero-order valence-corrected chi connectivity index (χ0v) is 23.7. The van der Waals surface area contributed by atoms with E-state index in [1.165, 1.54) is 51.8 Å². The molecule has 31 heavy (non-hydrogen) atoms. The van der Waals surface area contributed by atoms with Crippen LogP contribution in [0, 0.1) is 0 Å². The first-order chi connectivity index (χ1) is 14.7. The van der Waals surface area contributed by atoms with E-state index >= 15 is 0 Å². The Morgan fingerprint density at radius 1 is 0.806 bits per heavy atom. The molecule has 176 valence electrons. The van der Waals surface area contributed by atoms with E-state index in [1.807, 2.05) is 33.9 Å². The third kappa shape index (κ3) is 8.70. The van der Waals surface area contributed by atoms with Crippen LogP contribution in [0.3, 0.4) is 0 Å². The first kappa shape index (κ1) is 27.9. The summed E-state index contributed by atoms with van der Waals surface area (Å²) in [5.74, 6) is -0.639. The topological polar surface area (TPSA) is 84.0 Å². The molecule has 0 aromatic carbocycles. The number of unbranched alkanes of at least 4 members (excludes halogenated alkanes) is 3. The minimum atomic E-state index is -2.86. The van der Waals surface area contributed by atoms with Crippen LogP contribution < -0.4 is 14.3 Å². The first-order valence-electron chi connectivity index (χ1n) is 12.2. The van der Waals surface area contributed by atoms with Gasteiger partial charge in [-0.15, -0.1) is 0 Å². The summed E-state index contributed by atoms with van der Waals surface area (Å²) in [6, 6.07) is -0.0700. The number of nitrogens with zero attached hydrogens (tertiary/aromatic N) is 2. The molecule has 1 rings (SSSR count). The molecule has 0 aliphatic rings. The van der Waals surface area contributed by atoms with Crippen LogP contribution in [0.15, 0.2) is 6.20 Å². The van der Waals surface area contributed by atoms with Crippen molar-refractivity contribution in [3.8, 4) is 0 Å². The van der Waals surface area contributed by atoms with Gasteiger partial charge in [-0.1, -0.05) is 0 Å². The van der Waals surface area contributed by atoms with E-state index in [4.69, 9.17) is 4.98 Å². The molecule has 1 heterocycles. The predicted octanol–water partition coefficient (Wildman–Crippen LogP) is 4.81. The molecule has 0 spiro atoms. The summed E-state index contributed by atoms with van der Waals surface area (Å²) in [4.78, 5) is 35.3. The Labute approximate surface area is 193 Å². The maximum absolute atomic E-state index is 13.0. The fourth-order valence-corrected chi connectivity index (χ4v) is 19.1. The van der Waals surface area contributed by atoms with Crippen molar-refractivity contribution in [1.29, 1.82) is 0 Å². The molecular formula is C24H44N4O2Sn. The summed E-state index contributed by atoms with van der Waals surface area (Å²) < 4.78 is 4.79. The number of carbonyl (C=O) groups excluding carboxylic acids is 2. The number of rotatable bonds is 14. The molecule has 0 unspecified atom stereocenters. The fraction of sp³-hybridized carbons (Fsp3) is 0.750. The van der Waals surface area contributed by atoms with Gasteiger partial charge in [0.1, 0.15) is 0 Å². The van der Waals surface area contributed by atoms with Crippen molar-refractivity contribution in [3.05, 3.63) is 17.6 Å².